The minimum absolute atomic E-state index is 0.0209. The van der Waals surface area contributed by atoms with Crippen LogP contribution in [0.3, 0.4) is 0 Å². The second-order valence-corrected chi connectivity index (χ2v) is 6.48. The smallest absolute Gasteiger partial charge is 0.245 e. The molecule has 0 aliphatic carbocycles. The van der Waals surface area contributed by atoms with Crippen molar-refractivity contribution in [2.75, 3.05) is 26.7 Å². The van der Waals surface area contributed by atoms with E-state index in [2.05, 4.69) is 10.2 Å². The summed E-state index contributed by atoms with van der Waals surface area (Å²) in [6, 6.07) is 7.25. The molecule has 1 aromatic rings. The Labute approximate surface area is 142 Å². The minimum atomic E-state index is -0.363. The largest absolute Gasteiger partial charge is 0.497 e. The Hall–Kier alpha value is -2.08. The van der Waals surface area contributed by atoms with E-state index in [1.807, 2.05) is 31.2 Å². The summed E-state index contributed by atoms with van der Waals surface area (Å²) in [5, 5.41) is 2.89. The van der Waals surface area contributed by atoms with E-state index in [0.29, 0.717) is 19.5 Å². The molecule has 2 heterocycles. The van der Waals surface area contributed by atoms with E-state index in [1.165, 1.54) is 5.56 Å². The van der Waals surface area contributed by atoms with Gasteiger partial charge in [0.05, 0.1) is 7.11 Å². The number of benzene rings is 1. The van der Waals surface area contributed by atoms with Crippen LogP contribution >= 0.6 is 0 Å². The summed E-state index contributed by atoms with van der Waals surface area (Å²) >= 11 is 0. The van der Waals surface area contributed by atoms with E-state index in [9.17, 15) is 9.59 Å². The van der Waals surface area contributed by atoms with Crippen LogP contribution in [0.1, 0.15) is 25.3 Å². The molecule has 2 aliphatic rings. The number of hydrogen-bond donors (Lipinski definition) is 1. The molecule has 2 amide bonds. The van der Waals surface area contributed by atoms with Crippen molar-refractivity contribution in [2.24, 2.45) is 0 Å². The quantitative estimate of drug-likeness (QED) is 0.875. The average Bonchev–Trinajstić information content (AvgIpc) is 2.60. The molecule has 6 nitrogen and oxygen atoms in total. The number of rotatable bonds is 5. The van der Waals surface area contributed by atoms with E-state index in [0.717, 1.165) is 25.3 Å². The molecule has 0 aromatic heterocycles. The number of piperazine rings is 2. The fourth-order valence-corrected chi connectivity index (χ4v) is 3.47. The fraction of sp³-hybridized carbons (Fsp3) is 0.556. The van der Waals surface area contributed by atoms with Gasteiger partial charge in [-0.1, -0.05) is 25.5 Å². The average molecular weight is 331 g/mol. The van der Waals surface area contributed by atoms with Gasteiger partial charge in [0.25, 0.3) is 0 Å². The Morgan fingerprint density at radius 2 is 1.96 bits per heavy atom. The lowest BCUT2D eigenvalue weighted by atomic mass is 10.0. The van der Waals surface area contributed by atoms with Gasteiger partial charge in [-0.05, 0) is 24.1 Å². The lowest BCUT2D eigenvalue weighted by Crippen LogP contribution is -2.69. The predicted octanol–water partition coefficient (Wildman–Crippen LogP) is 1.01. The molecule has 0 unspecified atom stereocenters. The van der Waals surface area contributed by atoms with Crippen LogP contribution in [0.2, 0.25) is 0 Å². The van der Waals surface area contributed by atoms with Gasteiger partial charge in [0.1, 0.15) is 17.8 Å². The second-order valence-electron chi connectivity index (χ2n) is 6.48. The van der Waals surface area contributed by atoms with Crippen molar-refractivity contribution >= 4 is 11.8 Å². The number of methoxy groups -OCH3 is 1. The van der Waals surface area contributed by atoms with Crippen LogP contribution < -0.4 is 10.1 Å². The van der Waals surface area contributed by atoms with Gasteiger partial charge in [-0.3, -0.25) is 14.5 Å². The molecule has 24 heavy (non-hydrogen) atoms. The Kier molecular flexibility index (Phi) is 5.04. The molecule has 0 radical (unpaired) electrons. The third-order valence-corrected chi connectivity index (χ3v) is 4.81. The molecule has 0 bridgehead atoms. The van der Waals surface area contributed by atoms with Crippen LogP contribution in [-0.2, 0) is 16.1 Å². The molecular weight excluding hydrogens is 306 g/mol. The van der Waals surface area contributed by atoms with Gasteiger partial charge in [0.15, 0.2) is 0 Å². The number of amides is 2. The molecule has 0 spiro atoms. The highest BCUT2D eigenvalue weighted by atomic mass is 16.5. The number of ether oxygens (including phenoxy) is 1. The van der Waals surface area contributed by atoms with Gasteiger partial charge in [-0.2, -0.15) is 0 Å². The molecule has 0 saturated carbocycles. The molecule has 2 atom stereocenters. The maximum atomic E-state index is 12.5. The van der Waals surface area contributed by atoms with E-state index in [4.69, 9.17) is 4.74 Å². The Morgan fingerprint density at radius 3 is 2.62 bits per heavy atom. The highest BCUT2D eigenvalue weighted by molar-refractivity contribution is 5.97. The van der Waals surface area contributed by atoms with Gasteiger partial charge in [-0.15, -0.1) is 0 Å². The summed E-state index contributed by atoms with van der Waals surface area (Å²) in [6.45, 7) is 4.79. The van der Waals surface area contributed by atoms with Crippen LogP contribution in [0.5, 0.6) is 5.75 Å². The number of nitrogens with zero attached hydrogens (tertiary/aromatic N) is 2. The van der Waals surface area contributed by atoms with Crippen LogP contribution in [0.15, 0.2) is 24.3 Å². The molecule has 1 aromatic carbocycles. The van der Waals surface area contributed by atoms with Crippen molar-refractivity contribution in [3.05, 3.63) is 29.8 Å². The van der Waals surface area contributed by atoms with E-state index >= 15 is 0 Å². The highest BCUT2D eigenvalue weighted by Gasteiger charge is 2.42. The van der Waals surface area contributed by atoms with E-state index in [-0.39, 0.29) is 23.9 Å². The molecular formula is C18H25N3O3. The first-order chi connectivity index (χ1) is 11.6. The standard InChI is InChI=1S/C18H25N3O3/c1-3-4-15-18(23)21-10-9-20(12-16(21)17(22)19-15)11-13-5-7-14(24-2)8-6-13/h5-8,15-16H,3-4,9-12H2,1-2H3,(H,19,22)/t15-,16+/m0/s1. The lowest BCUT2D eigenvalue weighted by Gasteiger charge is -2.45. The normalized spacial score (nSPS) is 24.5. The summed E-state index contributed by atoms with van der Waals surface area (Å²) in [6.07, 6.45) is 1.60. The van der Waals surface area contributed by atoms with Crippen LogP contribution in [0, 0.1) is 0 Å². The Balaban J connectivity index is 1.63. The third kappa shape index (κ3) is 3.38. The minimum Gasteiger partial charge on any atom is -0.497 e. The maximum Gasteiger partial charge on any atom is 0.245 e. The fourth-order valence-electron chi connectivity index (χ4n) is 3.47. The zero-order valence-corrected chi connectivity index (χ0v) is 14.3. The van der Waals surface area contributed by atoms with Gasteiger partial charge < -0.3 is 15.0 Å². The number of carbonyl (C=O) groups is 2. The molecule has 1 N–H and O–H groups in total. The molecule has 2 aliphatic heterocycles. The van der Waals surface area contributed by atoms with Crippen molar-refractivity contribution in [3.63, 3.8) is 0 Å². The van der Waals surface area contributed by atoms with Crippen molar-refractivity contribution in [3.8, 4) is 5.75 Å². The highest BCUT2D eigenvalue weighted by Crippen LogP contribution is 2.20. The maximum absolute atomic E-state index is 12.5. The lowest BCUT2D eigenvalue weighted by molar-refractivity contribution is -0.153. The zero-order chi connectivity index (χ0) is 17.1. The van der Waals surface area contributed by atoms with Crippen molar-refractivity contribution in [2.45, 2.75) is 38.4 Å². The molecule has 6 heteroatoms. The first kappa shape index (κ1) is 16.8. The summed E-state index contributed by atoms with van der Waals surface area (Å²) in [5.74, 6) is 0.890. The number of carbonyl (C=O) groups excluding carboxylic acids is 2. The van der Waals surface area contributed by atoms with Gasteiger partial charge in [0, 0.05) is 26.2 Å². The van der Waals surface area contributed by atoms with Crippen molar-refractivity contribution in [1.82, 2.24) is 15.1 Å². The first-order valence-corrected chi connectivity index (χ1v) is 8.58. The number of hydrogen-bond acceptors (Lipinski definition) is 4. The van der Waals surface area contributed by atoms with Gasteiger partial charge in [0.2, 0.25) is 11.8 Å². The Bertz CT molecular complexity index is 602. The third-order valence-electron chi connectivity index (χ3n) is 4.81. The van der Waals surface area contributed by atoms with Crippen LogP contribution in [-0.4, -0.2) is 60.4 Å². The van der Waals surface area contributed by atoms with Gasteiger partial charge >= 0.3 is 0 Å². The summed E-state index contributed by atoms with van der Waals surface area (Å²) in [4.78, 5) is 28.9. The van der Waals surface area contributed by atoms with E-state index < -0.39 is 0 Å². The second kappa shape index (κ2) is 7.21. The number of nitrogens with one attached hydrogen (secondary N) is 1. The zero-order valence-electron chi connectivity index (χ0n) is 14.3. The first-order valence-electron chi connectivity index (χ1n) is 8.58. The molecule has 130 valence electrons. The number of fused-ring (bicyclic) bond motifs is 1. The molecule has 2 saturated heterocycles. The van der Waals surface area contributed by atoms with E-state index in [1.54, 1.807) is 12.0 Å². The monoisotopic (exact) mass is 331 g/mol. The topological polar surface area (TPSA) is 61.9 Å². The summed E-state index contributed by atoms with van der Waals surface area (Å²) in [5.41, 5.74) is 1.18. The molecule has 2 fully saturated rings. The van der Waals surface area contributed by atoms with Crippen LogP contribution in [0.25, 0.3) is 0 Å². The Morgan fingerprint density at radius 1 is 1.21 bits per heavy atom. The van der Waals surface area contributed by atoms with Gasteiger partial charge in [-0.25, -0.2) is 0 Å². The summed E-state index contributed by atoms with van der Waals surface area (Å²) < 4.78 is 5.17. The van der Waals surface area contributed by atoms with Crippen molar-refractivity contribution in [1.29, 1.82) is 0 Å². The van der Waals surface area contributed by atoms with Crippen LogP contribution in [0.4, 0.5) is 0 Å². The SMILES string of the molecule is CCC[C@@H]1NC(=O)[C@H]2CN(Cc3ccc(OC)cc3)CCN2C1=O. The van der Waals surface area contributed by atoms with Crippen molar-refractivity contribution < 1.29 is 14.3 Å². The predicted molar refractivity (Wildman–Crippen MR) is 90.6 cm³/mol. The summed E-state index contributed by atoms with van der Waals surface area (Å²) in [7, 11) is 1.65. The molecule has 3 rings (SSSR count).